The maximum Gasteiger partial charge on any atom is 0.254 e. The molecule has 1 aromatic heterocycles. The first-order valence-corrected chi connectivity index (χ1v) is 9.36. The molecule has 0 bridgehead atoms. The lowest BCUT2D eigenvalue weighted by molar-refractivity contribution is 0.0642. The Labute approximate surface area is 160 Å². The van der Waals surface area contributed by atoms with E-state index in [1.54, 1.807) is 38.6 Å². The zero-order chi connectivity index (χ0) is 19.1. The van der Waals surface area contributed by atoms with E-state index in [-0.39, 0.29) is 11.9 Å². The van der Waals surface area contributed by atoms with E-state index >= 15 is 0 Å². The van der Waals surface area contributed by atoms with E-state index in [1.165, 1.54) is 0 Å². The van der Waals surface area contributed by atoms with Crippen molar-refractivity contribution in [1.82, 2.24) is 15.2 Å². The first-order chi connectivity index (χ1) is 13.2. The van der Waals surface area contributed by atoms with Gasteiger partial charge in [0.15, 0.2) is 11.5 Å². The van der Waals surface area contributed by atoms with Crippen LogP contribution in [0.3, 0.4) is 0 Å². The van der Waals surface area contributed by atoms with Gasteiger partial charge in [0.1, 0.15) is 0 Å². The van der Waals surface area contributed by atoms with E-state index in [0.717, 1.165) is 38.0 Å². The third-order valence-corrected chi connectivity index (χ3v) is 4.94. The second-order valence-electron chi connectivity index (χ2n) is 6.66. The normalized spacial score (nSPS) is 17.0. The maximum absolute atomic E-state index is 13.4. The third-order valence-electron chi connectivity index (χ3n) is 4.94. The molecule has 1 atom stereocenters. The van der Waals surface area contributed by atoms with Crippen molar-refractivity contribution >= 4 is 5.91 Å². The van der Waals surface area contributed by atoms with Crippen molar-refractivity contribution in [2.24, 2.45) is 0 Å². The number of hydrogen-bond acceptors (Lipinski definition) is 5. The van der Waals surface area contributed by atoms with Crippen LogP contribution in [0.25, 0.3) is 0 Å². The maximum atomic E-state index is 13.4. The lowest BCUT2D eigenvalue weighted by atomic mass is 10.0. The molecule has 144 valence electrons. The van der Waals surface area contributed by atoms with Crippen LogP contribution in [0.1, 0.15) is 35.3 Å². The second kappa shape index (κ2) is 9.37. The predicted molar refractivity (Wildman–Crippen MR) is 104 cm³/mol. The summed E-state index contributed by atoms with van der Waals surface area (Å²) in [5.41, 5.74) is 1.49. The molecule has 1 unspecified atom stereocenters. The molecule has 1 aromatic carbocycles. The monoisotopic (exact) mass is 369 g/mol. The highest BCUT2D eigenvalue weighted by Gasteiger charge is 2.26. The number of methoxy groups -OCH3 is 2. The molecule has 0 spiro atoms. The van der Waals surface area contributed by atoms with E-state index in [1.807, 2.05) is 23.1 Å². The van der Waals surface area contributed by atoms with Crippen LogP contribution < -0.4 is 14.8 Å². The summed E-state index contributed by atoms with van der Waals surface area (Å²) in [6, 6.07) is 11.3. The van der Waals surface area contributed by atoms with Gasteiger partial charge in [0, 0.05) is 17.8 Å². The Bertz CT molecular complexity index is 744. The number of hydrogen-bond donors (Lipinski definition) is 1. The molecule has 1 aliphatic rings. The number of pyridine rings is 1. The molecule has 0 aliphatic carbocycles. The van der Waals surface area contributed by atoms with Crippen molar-refractivity contribution in [2.45, 2.75) is 31.8 Å². The first kappa shape index (κ1) is 19.2. The molecule has 0 radical (unpaired) electrons. The van der Waals surface area contributed by atoms with Gasteiger partial charge in [-0.25, -0.2) is 0 Å². The van der Waals surface area contributed by atoms with E-state index < -0.39 is 0 Å². The Morgan fingerprint density at radius 2 is 2.00 bits per heavy atom. The van der Waals surface area contributed by atoms with Gasteiger partial charge in [-0.15, -0.1) is 0 Å². The van der Waals surface area contributed by atoms with Gasteiger partial charge in [0.05, 0.1) is 26.5 Å². The fourth-order valence-electron chi connectivity index (χ4n) is 3.48. The van der Waals surface area contributed by atoms with Crippen molar-refractivity contribution in [1.29, 1.82) is 0 Å². The number of amides is 1. The Balaban J connectivity index is 1.89. The smallest absolute Gasteiger partial charge is 0.254 e. The van der Waals surface area contributed by atoms with Crippen LogP contribution in [0, 0.1) is 0 Å². The highest BCUT2D eigenvalue weighted by Crippen LogP contribution is 2.29. The molecule has 6 heteroatoms. The van der Waals surface area contributed by atoms with Gasteiger partial charge in [-0.2, -0.15) is 0 Å². The van der Waals surface area contributed by atoms with Gasteiger partial charge in [-0.3, -0.25) is 9.78 Å². The molecule has 1 fully saturated rings. The molecular weight excluding hydrogens is 342 g/mol. The number of nitrogens with zero attached hydrogens (tertiary/aromatic N) is 2. The van der Waals surface area contributed by atoms with Crippen molar-refractivity contribution < 1.29 is 14.3 Å². The van der Waals surface area contributed by atoms with E-state index in [0.29, 0.717) is 23.6 Å². The van der Waals surface area contributed by atoms with Gasteiger partial charge in [-0.05, 0) is 62.7 Å². The Hall–Kier alpha value is -2.60. The van der Waals surface area contributed by atoms with Crippen LogP contribution in [0.15, 0.2) is 42.6 Å². The Morgan fingerprint density at radius 3 is 2.74 bits per heavy atom. The van der Waals surface area contributed by atoms with Gasteiger partial charge < -0.3 is 19.7 Å². The highest BCUT2D eigenvalue weighted by molar-refractivity contribution is 5.95. The van der Waals surface area contributed by atoms with Gasteiger partial charge in [0.2, 0.25) is 0 Å². The SMILES string of the molecule is COc1ccc(C(=O)N(Cc2ccccn2)C2CCCNCC2)cc1OC. The number of benzene rings is 1. The topological polar surface area (TPSA) is 63.7 Å². The summed E-state index contributed by atoms with van der Waals surface area (Å²) in [6.45, 7) is 2.42. The molecule has 2 aromatic rings. The molecule has 3 rings (SSSR count). The van der Waals surface area contributed by atoms with Gasteiger partial charge in [0.25, 0.3) is 5.91 Å². The minimum Gasteiger partial charge on any atom is -0.493 e. The average molecular weight is 369 g/mol. The standard InChI is InChI=1S/C21H27N3O3/c1-26-19-9-8-16(14-20(19)27-2)21(25)24(15-17-6-3-4-12-23-17)18-7-5-11-22-13-10-18/h3-4,6,8-9,12,14,18,22H,5,7,10-11,13,15H2,1-2H3. The lowest BCUT2D eigenvalue weighted by Crippen LogP contribution is -2.40. The molecule has 1 N–H and O–H groups in total. The van der Waals surface area contributed by atoms with Crippen LogP contribution >= 0.6 is 0 Å². The van der Waals surface area contributed by atoms with E-state index in [4.69, 9.17) is 9.47 Å². The number of rotatable bonds is 6. The van der Waals surface area contributed by atoms with E-state index in [9.17, 15) is 4.79 Å². The van der Waals surface area contributed by atoms with Crippen LogP contribution in [0.5, 0.6) is 11.5 Å². The molecule has 0 saturated carbocycles. The number of nitrogens with one attached hydrogen (secondary N) is 1. The summed E-state index contributed by atoms with van der Waals surface area (Å²) < 4.78 is 10.7. The zero-order valence-corrected chi connectivity index (χ0v) is 16.0. The van der Waals surface area contributed by atoms with Crippen molar-refractivity contribution in [3.63, 3.8) is 0 Å². The molecule has 2 heterocycles. The van der Waals surface area contributed by atoms with Crippen LogP contribution in [-0.2, 0) is 6.54 Å². The minimum absolute atomic E-state index is 0.00601. The number of aromatic nitrogens is 1. The quantitative estimate of drug-likeness (QED) is 0.848. The minimum atomic E-state index is -0.00601. The first-order valence-electron chi connectivity index (χ1n) is 9.36. The number of carbonyl (C=O) groups is 1. The number of carbonyl (C=O) groups excluding carboxylic acids is 1. The summed E-state index contributed by atoms with van der Waals surface area (Å²) in [7, 11) is 3.17. The van der Waals surface area contributed by atoms with Crippen LogP contribution in [0.2, 0.25) is 0 Å². The summed E-state index contributed by atoms with van der Waals surface area (Å²) in [6.07, 6.45) is 4.75. The predicted octanol–water partition coefficient (Wildman–Crippen LogP) is 2.88. The van der Waals surface area contributed by atoms with Crippen LogP contribution in [-0.4, -0.2) is 49.1 Å². The van der Waals surface area contributed by atoms with Gasteiger partial charge in [-0.1, -0.05) is 6.07 Å². The summed E-state index contributed by atoms with van der Waals surface area (Å²) in [5, 5.41) is 3.42. The van der Waals surface area contributed by atoms with Crippen molar-refractivity contribution in [3.8, 4) is 11.5 Å². The third kappa shape index (κ3) is 4.77. The molecule has 6 nitrogen and oxygen atoms in total. The fourth-order valence-corrected chi connectivity index (χ4v) is 3.48. The summed E-state index contributed by atoms with van der Waals surface area (Å²) in [5.74, 6) is 1.17. The van der Waals surface area contributed by atoms with Crippen molar-refractivity contribution in [3.05, 3.63) is 53.9 Å². The van der Waals surface area contributed by atoms with Crippen molar-refractivity contribution in [2.75, 3.05) is 27.3 Å². The number of ether oxygens (including phenoxy) is 2. The molecule has 1 saturated heterocycles. The second-order valence-corrected chi connectivity index (χ2v) is 6.66. The molecule has 1 amide bonds. The Kier molecular flexibility index (Phi) is 6.65. The summed E-state index contributed by atoms with van der Waals surface area (Å²) in [4.78, 5) is 19.8. The largest absolute Gasteiger partial charge is 0.493 e. The van der Waals surface area contributed by atoms with E-state index in [2.05, 4.69) is 10.3 Å². The highest BCUT2D eigenvalue weighted by atomic mass is 16.5. The van der Waals surface area contributed by atoms with Crippen LogP contribution in [0.4, 0.5) is 0 Å². The summed E-state index contributed by atoms with van der Waals surface area (Å²) >= 11 is 0. The molecule has 1 aliphatic heterocycles. The fraction of sp³-hybridized carbons (Fsp3) is 0.429. The molecule has 27 heavy (non-hydrogen) atoms. The van der Waals surface area contributed by atoms with Gasteiger partial charge >= 0.3 is 0 Å². The zero-order valence-electron chi connectivity index (χ0n) is 16.0. The lowest BCUT2D eigenvalue weighted by Gasteiger charge is -2.31. The average Bonchev–Trinajstić information content (AvgIpc) is 3.01. The molecular formula is C21H27N3O3. The Morgan fingerprint density at radius 1 is 1.15 bits per heavy atom.